The van der Waals surface area contributed by atoms with Crippen molar-refractivity contribution in [2.45, 2.75) is 9.79 Å². The van der Waals surface area contributed by atoms with Crippen LogP contribution in [0.4, 0.5) is 0 Å². The van der Waals surface area contributed by atoms with Crippen molar-refractivity contribution in [3.8, 4) is 0 Å². The number of alkyl halides is 1. The minimum absolute atomic E-state index is 0.0230. The Morgan fingerprint density at radius 3 is 1.68 bits per heavy atom. The molecule has 0 heterocycles. The molecule has 0 bridgehead atoms. The Hall–Kier alpha value is -2.17. The third kappa shape index (κ3) is 4.47. The van der Waals surface area contributed by atoms with E-state index in [4.69, 9.17) is 0 Å². The van der Waals surface area contributed by atoms with Gasteiger partial charge in [0.15, 0.2) is 11.6 Å². The Bertz CT molecular complexity index is 872. The quantitative estimate of drug-likeness (QED) is 0.389. The van der Waals surface area contributed by atoms with Gasteiger partial charge in [-0.25, -0.2) is 0 Å². The average molecular weight is 411 g/mol. The molecule has 0 unspecified atom stereocenters. The first-order valence-corrected chi connectivity index (χ1v) is 9.68. The Morgan fingerprint density at radius 2 is 1.16 bits per heavy atom. The standard InChI is InChI=1S/C21H15BrO2S/c22-14-20(23)15-6-10-18(11-7-15)25-19-12-8-17(9-13-19)21(24)16-4-2-1-3-5-16/h1-13H,14H2. The van der Waals surface area contributed by atoms with Crippen LogP contribution in [-0.2, 0) is 0 Å². The van der Waals surface area contributed by atoms with Crippen LogP contribution in [0.1, 0.15) is 26.3 Å². The molecule has 0 radical (unpaired) electrons. The lowest BCUT2D eigenvalue weighted by Crippen LogP contribution is -2.00. The molecule has 3 aromatic carbocycles. The molecule has 0 spiro atoms. The van der Waals surface area contributed by atoms with Gasteiger partial charge in [0.2, 0.25) is 0 Å². The topological polar surface area (TPSA) is 34.1 Å². The van der Waals surface area contributed by atoms with Gasteiger partial charge in [0.1, 0.15) is 0 Å². The summed E-state index contributed by atoms with van der Waals surface area (Å²) in [6.07, 6.45) is 0. The largest absolute Gasteiger partial charge is 0.293 e. The Kier molecular flexibility index (Phi) is 5.84. The first kappa shape index (κ1) is 17.6. The molecule has 3 aromatic rings. The van der Waals surface area contributed by atoms with Crippen molar-refractivity contribution in [1.82, 2.24) is 0 Å². The average Bonchev–Trinajstić information content (AvgIpc) is 2.68. The molecule has 0 aliphatic heterocycles. The van der Waals surface area contributed by atoms with Crippen molar-refractivity contribution < 1.29 is 9.59 Å². The van der Waals surface area contributed by atoms with E-state index in [1.165, 1.54) is 0 Å². The van der Waals surface area contributed by atoms with Gasteiger partial charge in [0.05, 0.1) is 5.33 Å². The van der Waals surface area contributed by atoms with Crippen LogP contribution in [-0.4, -0.2) is 16.9 Å². The second kappa shape index (κ2) is 8.28. The van der Waals surface area contributed by atoms with Crippen LogP contribution < -0.4 is 0 Å². The van der Waals surface area contributed by atoms with E-state index < -0.39 is 0 Å². The molecular weight excluding hydrogens is 396 g/mol. The smallest absolute Gasteiger partial charge is 0.193 e. The summed E-state index contributed by atoms with van der Waals surface area (Å²) in [4.78, 5) is 26.1. The number of hydrogen-bond donors (Lipinski definition) is 0. The number of carbonyl (C=O) groups excluding carboxylic acids is 2. The van der Waals surface area contributed by atoms with Gasteiger partial charge in [-0.15, -0.1) is 0 Å². The lowest BCUT2D eigenvalue weighted by Gasteiger charge is -2.05. The minimum Gasteiger partial charge on any atom is -0.293 e. The number of benzene rings is 3. The van der Waals surface area contributed by atoms with Crippen molar-refractivity contribution in [2.24, 2.45) is 0 Å². The van der Waals surface area contributed by atoms with Crippen LogP contribution in [0.15, 0.2) is 88.7 Å². The molecule has 0 atom stereocenters. The maximum atomic E-state index is 12.4. The van der Waals surface area contributed by atoms with E-state index >= 15 is 0 Å². The Balaban J connectivity index is 1.70. The number of ketones is 2. The van der Waals surface area contributed by atoms with E-state index in [-0.39, 0.29) is 11.6 Å². The van der Waals surface area contributed by atoms with Gasteiger partial charge in [-0.3, -0.25) is 9.59 Å². The van der Waals surface area contributed by atoms with Gasteiger partial charge in [-0.2, -0.15) is 0 Å². The summed E-state index contributed by atoms with van der Waals surface area (Å²) < 4.78 is 0. The van der Waals surface area contributed by atoms with E-state index in [1.807, 2.05) is 78.9 Å². The molecule has 3 rings (SSSR count). The second-order valence-corrected chi connectivity index (χ2v) is 7.11. The van der Waals surface area contributed by atoms with Gasteiger partial charge < -0.3 is 0 Å². The lowest BCUT2D eigenvalue weighted by molar-refractivity contribution is 0.102. The predicted molar refractivity (Wildman–Crippen MR) is 105 cm³/mol. The Labute approximate surface area is 159 Å². The highest BCUT2D eigenvalue weighted by Gasteiger charge is 2.09. The summed E-state index contributed by atoms with van der Waals surface area (Å²) in [5.41, 5.74) is 2.06. The summed E-state index contributed by atoms with van der Waals surface area (Å²) in [6.45, 7) is 0. The van der Waals surface area contributed by atoms with E-state index in [0.29, 0.717) is 22.0 Å². The summed E-state index contributed by atoms with van der Waals surface area (Å²) in [5, 5.41) is 0.330. The number of carbonyl (C=O) groups is 2. The van der Waals surface area contributed by atoms with E-state index in [9.17, 15) is 9.59 Å². The van der Waals surface area contributed by atoms with Crippen molar-refractivity contribution in [3.05, 3.63) is 95.6 Å². The van der Waals surface area contributed by atoms with Crippen molar-refractivity contribution in [1.29, 1.82) is 0 Å². The van der Waals surface area contributed by atoms with Gasteiger partial charge in [-0.05, 0) is 36.4 Å². The first-order chi connectivity index (χ1) is 12.2. The fourth-order valence-corrected chi connectivity index (χ4v) is 3.49. The predicted octanol–water partition coefficient (Wildman–Crippen LogP) is 5.65. The van der Waals surface area contributed by atoms with Gasteiger partial charge in [0, 0.05) is 26.5 Å². The lowest BCUT2D eigenvalue weighted by atomic mass is 10.0. The zero-order valence-corrected chi connectivity index (χ0v) is 15.7. The number of hydrogen-bond acceptors (Lipinski definition) is 3. The maximum absolute atomic E-state index is 12.4. The number of halogens is 1. The first-order valence-electron chi connectivity index (χ1n) is 7.74. The summed E-state index contributed by atoms with van der Waals surface area (Å²) >= 11 is 4.77. The fourth-order valence-electron chi connectivity index (χ4n) is 2.35. The Morgan fingerprint density at radius 1 is 0.680 bits per heavy atom. The monoisotopic (exact) mass is 410 g/mol. The van der Waals surface area contributed by atoms with Gasteiger partial charge >= 0.3 is 0 Å². The van der Waals surface area contributed by atoms with E-state index in [1.54, 1.807) is 11.8 Å². The SMILES string of the molecule is O=C(CBr)c1ccc(Sc2ccc(C(=O)c3ccccc3)cc2)cc1. The summed E-state index contributed by atoms with van der Waals surface area (Å²) in [6, 6.07) is 24.4. The molecule has 0 saturated heterocycles. The van der Waals surface area contributed by atoms with Gasteiger partial charge in [-0.1, -0.05) is 70.2 Å². The maximum Gasteiger partial charge on any atom is 0.193 e. The van der Waals surface area contributed by atoms with Crippen LogP contribution in [0.5, 0.6) is 0 Å². The molecule has 0 amide bonds. The molecule has 0 N–H and O–H groups in total. The summed E-state index contributed by atoms with van der Waals surface area (Å²) in [5.74, 6) is 0.0927. The third-order valence-electron chi connectivity index (χ3n) is 3.69. The third-order valence-corrected chi connectivity index (χ3v) is 5.21. The van der Waals surface area contributed by atoms with E-state index in [0.717, 1.165) is 9.79 Å². The van der Waals surface area contributed by atoms with Crippen LogP contribution in [0.3, 0.4) is 0 Å². The minimum atomic E-state index is 0.0230. The van der Waals surface area contributed by atoms with Crippen molar-refractivity contribution in [2.75, 3.05) is 5.33 Å². The second-order valence-electron chi connectivity index (χ2n) is 5.40. The zero-order valence-electron chi connectivity index (χ0n) is 13.3. The molecule has 4 heteroatoms. The van der Waals surface area contributed by atoms with Crippen LogP contribution in [0, 0.1) is 0 Å². The van der Waals surface area contributed by atoms with Crippen LogP contribution >= 0.6 is 27.7 Å². The molecule has 0 fully saturated rings. The van der Waals surface area contributed by atoms with Crippen LogP contribution in [0.25, 0.3) is 0 Å². The highest BCUT2D eigenvalue weighted by molar-refractivity contribution is 9.09. The molecule has 124 valence electrons. The number of Topliss-reactive ketones (excluding diaryl/α,β-unsaturated/α-hetero) is 1. The fraction of sp³-hybridized carbons (Fsp3) is 0.0476. The molecular formula is C21H15BrO2S. The molecule has 0 saturated carbocycles. The highest BCUT2D eigenvalue weighted by atomic mass is 79.9. The molecule has 0 aromatic heterocycles. The molecule has 0 aliphatic rings. The summed E-state index contributed by atoms with van der Waals surface area (Å²) in [7, 11) is 0. The van der Waals surface area contributed by atoms with E-state index in [2.05, 4.69) is 15.9 Å². The van der Waals surface area contributed by atoms with Gasteiger partial charge in [0.25, 0.3) is 0 Å². The highest BCUT2D eigenvalue weighted by Crippen LogP contribution is 2.28. The molecule has 2 nitrogen and oxygen atoms in total. The zero-order chi connectivity index (χ0) is 17.6. The van der Waals surface area contributed by atoms with Crippen LogP contribution in [0.2, 0.25) is 0 Å². The normalized spacial score (nSPS) is 10.4. The van der Waals surface area contributed by atoms with Crippen molar-refractivity contribution in [3.63, 3.8) is 0 Å². The number of rotatable bonds is 6. The molecule has 0 aliphatic carbocycles. The van der Waals surface area contributed by atoms with Crippen molar-refractivity contribution >= 4 is 39.3 Å². The molecule has 25 heavy (non-hydrogen) atoms.